The zero-order chi connectivity index (χ0) is 16.8. The fraction of sp³-hybridized carbons (Fsp3) is 0.316. The van der Waals surface area contributed by atoms with Crippen LogP contribution in [0, 0.1) is 5.92 Å². The summed E-state index contributed by atoms with van der Waals surface area (Å²) >= 11 is 6.02. The third-order valence-electron chi connectivity index (χ3n) is 4.60. The highest BCUT2D eigenvalue weighted by atomic mass is 35.5. The van der Waals surface area contributed by atoms with E-state index in [9.17, 15) is 4.79 Å². The first-order valence-corrected chi connectivity index (χ1v) is 8.65. The van der Waals surface area contributed by atoms with Gasteiger partial charge in [-0.1, -0.05) is 37.6 Å². The van der Waals surface area contributed by atoms with E-state index >= 15 is 0 Å². The molecule has 1 aromatic carbocycles. The van der Waals surface area contributed by atoms with Crippen LogP contribution in [0.4, 0.5) is 0 Å². The van der Waals surface area contributed by atoms with Crippen molar-refractivity contribution in [2.24, 2.45) is 5.92 Å². The predicted octanol–water partition coefficient (Wildman–Crippen LogP) is 4.38. The van der Waals surface area contributed by atoms with Crippen LogP contribution in [0.3, 0.4) is 0 Å². The van der Waals surface area contributed by atoms with Crippen LogP contribution in [0.25, 0.3) is 16.8 Å². The Hall–Kier alpha value is -2.20. The van der Waals surface area contributed by atoms with Crippen LogP contribution in [0.2, 0.25) is 5.02 Å². The second-order valence-corrected chi connectivity index (χ2v) is 6.92. The molecule has 0 amide bonds. The number of halogens is 1. The van der Waals surface area contributed by atoms with E-state index in [1.807, 2.05) is 30.5 Å². The lowest BCUT2D eigenvalue weighted by atomic mass is 9.88. The third-order valence-corrected chi connectivity index (χ3v) is 4.86. The molecule has 0 saturated carbocycles. The summed E-state index contributed by atoms with van der Waals surface area (Å²) in [4.78, 5) is 17.1. The van der Waals surface area contributed by atoms with E-state index in [0.717, 1.165) is 41.0 Å². The number of rotatable bonds is 2. The van der Waals surface area contributed by atoms with Crippen molar-refractivity contribution in [2.45, 2.75) is 33.1 Å². The maximum Gasteiger partial charge on any atom is 0.166 e. The molecule has 0 bridgehead atoms. The van der Waals surface area contributed by atoms with Gasteiger partial charge in [0.2, 0.25) is 0 Å². The molecule has 1 aliphatic rings. The van der Waals surface area contributed by atoms with E-state index in [-0.39, 0.29) is 5.78 Å². The van der Waals surface area contributed by atoms with Crippen molar-refractivity contribution >= 4 is 23.0 Å². The van der Waals surface area contributed by atoms with E-state index in [1.54, 1.807) is 4.52 Å². The summed E-state index contributed by atoms with van der Waals surface area (Å²) in [5.74, 6) is 0.507. The van der Waals surface area contributed by atoms with Gasteiger partial charge in [0.1, 0.15) is 0 Å². The fourth-order valence-corrected chi connectivity index (χ4v) is 3.56. The van der Waals surface area contributed by atoms with Gasteiger partial charge in [-0.15, -0.1) is 0 Å². The number of carbonyl (C=O) groups is 1. The molecular weight excluding hydrogens is 322 g/mol. The minimum absolute atomic E-state index is 0.166. The van der Waals surface area contributed by atoms with E-state index in [2.05, 4.69) is 18.9 Å². The maximum absolute atomic E-state index is 12.3. The Morgan fingerprint density at radius 3 is 2.71 bits per heavy atom. The molecule has 24 heavy (non-hydrogen) atoms. The summed E-state index contributed by atoms with van der Waals surface area (Å²) in [5, 5.41) is 5.37. The van der Waals surface area contributed by atoms with Crippen LogP contribution in [0.15, 0.2) is 30.5 Å². The molecule has 0 aliphatic heterocycles. The SMILES string of the molecule is CCc1nn2cc3c(nc2c1-c1ccc(Cl)cc1)CC(C)CC3=O. The summed E-state index contributed by atoms with van der Waals surface area (Å²) in [6.07, 6.45) is 4.08. The number of hydrogen-bond acceptors (Lipinski definition) is 3. The monoisotopic (exact) mass is 339 g/mol. The number of ketones is 1. The second kappa shape index (κ2) is 5.71. The Morgan fingerprint density at radius 2 is 2.00 bits per heavy atom. The van der Waals surface area contributed by atoms with E-state index in [4.69, 9.17) is 16.6 Å². The molecule has 122 valence electrons. The summed E-state index contributed by atoms with van der Waals surface area (Å²) in [5.41, 5.74) is 5.48. The van der Waals surface area contributed by atoms with Crippen molar-refractivity contribution in [3.8, 4) is 11.1 Å². The molecule has 0 radical (unpaired) electrons. The lowest BCUT2D eigenvalue weighted by Crippen LogP contribution is -2.20. The Morgan fingerprint density at radius 1 is 1.25 bits per heavy atom. The van der Waals surface area contributed by atoms with Gasteiger partial charge in [-0.3, -0.25) is 4.79 Å². The van der Waals surface area contributed by atoms with Gasteiger partial charge in [-0.25, -0.2) is 9.50 Å². The first-order chi connectivity index (χ1) is 11.6. The van der Waals surface area contributed by atoms with Gasteiger partial charge in [0, 0.05) is 23.2 Å². The lowest BCUT2D eigenvalue weighted by molar-refractivity contribution is 0.0951. The molecule has 1 aliphatic carbocycles. The van der Waals surface area contributed by atoms with Crippen molar-refractivity contribution < 1.29 is 4.79 Å². The molecule has 2 aromatic heterocycles. The molecule has 5 heteroatoms. The second-order valence-electron chi connectivity index (χ2n) is 6.49. The van der Waals surface area contributed by atoms with Crippen molar-refractivity contribution in [3.05, 3.63) is 52.4 Å². The van der Waals surface area contributed by atoms with Crippen LogP contribution in [-0.2, 0) is 12.8 Å². The molecule has 4 nitrogen and oxygen atoms in total. The molecule has 3 aromatic rings. The standard InChI is InChI=1S/C19H18ClN3O/c1-3-15-18(12-4-6-13(20)7-5-12)19-21-16-8-11(2)9-17(24)14(16)10-23(19)22-15/h4-7,10-11H,3,8-9H2,1-2H3. The van der Waals surface area contributed by atoms with Gasteiger partial charge in [0.15, 0.2) is 11.4 Å². The molecule has 0 saturated heterocycles. The molecule has 4 rings (SSSR count). The number of carbonyl (C=O) groups excluding carboxylic acids is 1. The van der Waals surface area contributed by atoms with Crippen LogP contribution in [0.1, 0.15) is 42.0 Å². The number of Topliss-reactive ketones (excluding diaryl/α,β-unsaturated/α-hetero) is 1. The van der Waals surface area contributed by atoms with Crippen LogP contribution in [-0.4, -0.2) is 20.4 Å². The Bertz CT molecular complexity index is 943. The first kappa shape index (κ1) is 15.3. The van der Waals surface area contributed by atoms with Gasteiger partial charge in [-0.2, -0.15) is 5.10 Å². The van der Waals surface area contributed by atoms with Crippen LogP contribution in [0.5, 0.6) is 0 Å². The number of benzene rings is 1. The highest BCUT2D eigenvalue weighted by Crippen LogP contribution is 2.31. The Labute approximate surface area is 145 Å². The third kappa shape index (κ3) is 2.42. The maximum atomic E-state index is 12.3. The summed E-state index contributed by atoms with van der Waals surface area (Å²) in [7, 11) is 0. The zero-order valence-electron chi connectivity index (χ0n) is 13.7. The highest BCUT2D eigenvalue weighted by Gasteiger charge is 2.26. The highest BCUT2D eigenvalue weighted by molar-refractivity contribution is 6.30. The van der Waals surface area contributed by atoms with Gasteiger partial charge in [0.25, 0.3) is 0 Å². The van der Waals surface area contributed by atoms with Crippen molar-refractivity contribution in [1.82, 2.24) is 14.6 Å². The number of nitrogens with zero attached hydrogens (tertiary/aromatic N) is 3. The Balaban J connectivity index is 1.97. The van der Waals surface area contributed by atoms with Crippen LogP contribution >= 0.6 is 11.6 Å². The molecule has 0 fully saturated rings. The van der Waals surface area contributed by atoms with Crippen molar-refractivity contribution in [3.63, 3.8) is 0 Å². The van der Waals surface area contributed by atoms with Gasteiger partial charge in [0.05, 0.1) is 17.0 Å². The summed E-state index contributed by atoms with van der Waals surface area (Å²) in [6, 6.07) is 7.74. The zero-order valence-corrected chi connectivity index (χ0v) is 14.5. The minimum atomic E-state index is 0.166. The van der Waals surface area contributed by atoms with E-state index in [1.165, 1.54) is 0 Å². The summed E-state index contributed by atoms with van der Waals surface area (Å²) in [6.45, 7) is 4.18. The quantitative estimate of drug-likeness (QED) is 0.696. The number of hydrogen-bond donors (Lipinski definition) is 0. The van der Waals surface area contributed by atoms with E-state index < -0.39 is 0 Å². The molecular formula is C19H18ClN3O. The van der Waals surface area contributed by atoms with Crippen LogP contribution < -0.4 is 0 Å². The number of aryl methyl sites for hydroxylation is 1. The molecule has 2 heterocycles. The molecule has 1 atom stereocenters. The normalized spacial score (nSPS) is 17.3. The number of aromatic nitrogens is 3. The predicted molar refractivity (Wildman–Crippen MR) is 94.6 cm³/mol. The lowest BCUT2D eigenvalue weighted by Gasteiger charge is -2.19. The summed E-state index contributed by atoms with van der Waals surface area (Å²) < 4.78 is 1.76. The fourth-order valence-electron chi connectivity index (χ4n) is 3.43. The molecule has 0 spiro atoms. The van der Waals surface area contributed by atoms with Gasteiger partial charge >= 0.3 is 0 Å². The topological polar surface area (TPSA) is 47.3 Å². The first-order valence-electron chi connectivity index (χ1n) is 8.27. The Kier molecular flexibility index (Phi) is 3.65. The van der Waals surface area contributed by atoms with Crippen molar-refractivity contribution in [1.29, 1.82) is 0 Å². The van der Waals surface area contributed by atoms with Gasteiger partial charge in [-0.05, 0) is 36.5 Å². The molecule has 1 unspecified atom stereocenters. The minimum Gasteiger partial charge on any atom is -0.294 e. The average Bonchev–Trinajstić information content (AvgIpc) is 2.91. The largest absolute Gasteiger partial charge is 0.294 e. The van der Waals surface area contributed by atoms with E-state index in [0.29, 0.717) is 22.9 Å². The average molecular weight is 340 g/mol. The van der Waals surface area contributed by atoms with Gasteiger partial charge < -0.3 is 0 Å². The molecule has 0 N–H and O–H groups in total. The number of fused-ring (bicyclic) bond motifs is 2. The smallest absolute Gasteiger partial charge is 0.166 e. The van der Waals surface area contributed by atoms with Crippen molar-refractivity contribution in [2.75, 3.05) is 0 Å².